The summed E-state index contributed by atoms with van der Waals surface area (Å²) in [7, 11) is 0.145. The van der Waals surface area contributed by atoms with Crippen molar-refractivity contribution < 1.29 is 26.5 Å². The summed E-state index contributed by atoms with van der Waals surface area (Å²) in [5.41, 5.74) is -0.337. The highest BCUT2D eigenvalue weighted by atomic mass is 79.9. The Balaban J connectivity index is 0. The minimum atomic E-state index is -0.337. The Hall–Kier alpha value is 0.300. The molecule has 2 nitrogen and oxygen atoms in total. The molecule has 0 aromatic carbocycles. The molecule has 0 unspecified atom stereocenters. The van der Waals surface area contributed by atoms with Gasteiger partial charge >= 0.3 is 5.97 Å². The van der Waals surface area contributed by atoms with Crippen LogP contribution in [-0.4, -0.2) is 29.8 Å². The number of hydrogen-bond donors (Lipinski definition) is 0. The lowest BCUT2D eigenvalue weighted by molar-refractivity contribution is -0.151. The first-order chi connectivity index (χ1) is 4.81. The normalized spacial score (nSPS) is 10.8. The minimum Gasteiger partial charge on any atom is -1.00 e. The summed E-state index contributed by atoms with van der Waals surface area (Å²) in [6, 6.07) is 0. The van der Waals surface area contributed by atoms with E-state index in [1.165, 1.54) is 0 Å². The van der Waals surface area contributed by atoms with Gasteiger partial charge in [-0.1, -0.05) is 0 Å². The molecule has 0 saturated carbocycles. The van der Waals surface area contributed by atoms with Crippen molar-refractivity contribution in [2.75, 3.05) is 18.3 Å². The summed E-state index contributed by atoms with van der Waals surface area (Å²) in [6.07, 6.45) is 4.06. The zero-order valence-electron chi connectivity index (χ0n) is 8.31. The minimum absolute atomic E-state index is 0. The Labute approximate surface area is 88.2 Å². The number of carbonyl (C=O) groups is 1. The summed E-state index contributed by atoms with van der Waals surface area (Å²) in [4.78, 5) is 11.1. The molecule has 0 aliphatic rings. The highest BCUT2D eigenvalue weighted by Crippen LogP contribution is 2.07. The molecule has 0 N–H and O–H groups in total. The summed E-state index contributed by atoms with van der Waals surface area (Å²) in [5.74, 6) is 0.447. The second-order valence-electron chi connectivity index (χ2n) is 3.72. The zero-order chi connectivity index (χ0) is 9.07. The highest BCUT2D eigenvalue weighted by molar-refractivity contribution is 7.96. The third kappa shape index (κ3) is 10.3. The lowest BCUT2D eigenvalue weighted by atomic mass is 10.2. The van der Waals surface area contributed by atoms with Crippen LogP contribution in [0, 0.1) is 0 Å². The van der Waals surface area contributed by atoms with Crippen LogP contribution >= 0.6 is 0 Å². The lowest BCUT2D eigenvalue weighted by Crippen LogP contribution is -3.00. The Bertz CT molecular complexity index is 140. The predicted octanol–water partition coefficient (Wildman–Crippen LogP) is -1.79. The molecule has 0 heterocycles. The van der Waals surface area contributed by atoms with E-state index in [-0.39, 0.29) is 39.4 Å². The van der Waals surface area contributed by atoms with Crippen LogP contribution in [0.1, 0.15) is 20.8 Å². The molecule has 0 aromatic heterocycles. The van der Waals surface area contributed by atoms with Crippen LogP contribution in [0.3, 0.4) is 0 Å². The van der Waals surface area contributed by atoms with Gasteiger partial charge in [-0.15, -0.1) is 0 Å². The highest BCUT2D eigenvalue weighted by Gasteiger charge is 2.20. The fourth-order valence-electron chi connectivity index (χ4n) is 0.607. The maximum absolute atomic E-state index is 11.1. The van der Waals surface area contributed by atoms with Crippen LogP contribution in [0.2, 0.25) is 0 Å². The second kappa shape index (κ2) is 5.86. The van der Waals surface area contributed by atoms with Gasteiger partial charge in [0.1, 0.15) is 5.60 Å². The molecule has 0 amide bonds. The van der Waals surface area contributed by atoms with Gasteiger partial charge in [-0.2, -0.15) is 0 Å². The molecule has 0 bridgehead atoms. The Morgan fingerprint density at radius 3 is 2.00 bits per heavy atom. The van der Waals surface area contributed by atoms with Gasteiger partial charge in [-0.3, -0.25) is 0 Å². The average molecular weight is 257 g/mol. The van der Waals surface area contributed by atoms with Crippen molar-refractivity contribution in [2.24, 2.45) is 0 Å². The molecule has 0 spiro atoms. The van der Waals surface area contributed by atoms with E-state index in [1.54, 1.807) is 0 Å². The van der Waals surface area contributed by atoms with Gasteiger partial charge < -0.3 is 21.7 Å². The van der Waals surface area contributed by atoms with Gasteiger partial charge in [-0.05, 0) is 31.7 Å². The number of hydrogen-bond acceptors (Lipinski definition) is 2. The summed E-state index contributed by atoms with van der Waals surface area (Å²) in [6.45, 7) is 5.65. The summed E-state index contributed by atoms with van der Waals surface area (Å²) < 4.78 is 5.12. The molecule has 0 fully saturated rings. The average Bonchev–Trinajstić information content (AvgIpc) is 1.53. The van der Waals surface area contributed by atoms with E-state index in [1.807, 2.05) is 33.3 Å². The van der Waals surface area contributed by atoms with Crippen LogP contribution in [0.25, 0.3) is 0 Å². The molecule has 0 aromatic rings. The predicted molar refractivity (Wildman–Crippen MR) is 49.9 cm³/mol. The lowest BCUT2D eigenvalue weighted by Gasteiger charge is -2.18. The molecular formula is C8H17BrO2S. The van der Waals surface area contributed by atoms with Gasteiger partial charge in [0.05, 0.1) is 12.5 Å². The van der Waals surface area contributed by atoms with Gasteiger partial charge in [0, 0.05) is 0 Å². The Morgan fingerprint density at radius 1 is 1.33 bits per heavy atom. The van der Waals surface area contributed by atoms with Crippen LogP contribution in [0.4, 0.5) is 0 Å². The molecule has 4 heteroatoms. The van der Waals surface area contributed by atoms with Crippen molar-refractivity contribution in [1.82, 2.24) is 0 Å². The Morgan fingerprint density at radius 2 is 1.75 bits per heavy atom. The molecule has 74 valence electrons. The van der Waals surface area contributed by atoms with E-state index in [2.05, 4.69) is 0 Å². The number of halogens is 1. The number of rotatable bonds is 2. The molecule has 0 atom stereocenters. The van der Waals surface area contributed by atoms with Crippen molar-refractivity contribution in [3.63, 3.8) is 0 Å². The van der Waals surface area contributed by atoms with Gasteiger partial charge in [-0.25, -0.2) is 4.79 Å². The van der Waals surface area contributed by atoms with Crippen molar-refractivity contribution in [3.05, 3.63) is 0 Å². The van der Waals surface area contributed by atoms with Crippen LogP contribution in [0.15, 0.2) is 0 Å². The van der Waals surface area contributed by atoms with E-state index in [4.69, 9.17) is 4.74 Å². The largest absolute Gasteiger partial charge is 1.00 e. The van der Waals surface area contributed by atoms with E-state index in [0.29, 0.717) is 5.75 Å². The number of ether oxygens (including phenoxy) is 1. The second-order valence-corrected chi connectivity index (χ2v) is 5.98. The van der Waals surface area contributed by atoms with Crippen molar-refractivity contribution >= 4 is 16.9 Å². The third-order valence-electron chi connectivity index (χ3n) is 0.827. The maximum atomic E-state index is 11.1. The summed E-state index contributed by atoms with van der Waals surface area (Å²) >= 11 is 0. The molecular weight excluding hydrogens is 240 g/mol. The first-order valence-electron chi connectivity index (χ1n) is 3.57. The van der Waals surface area contributed by atoms with Gasteiger partial charge in [0.2, 0.25) is 5.75 Å². The van der Waals surface area contributed by atoms with Gasteiger partial charge in [0.25, 0.3) is 0 Å². The zero-order valence-corrected chi connectivity index (χ0v) is 10.7. The molecule has 0 aliphatic heterocycles. The smallest absolute Gasteiger partial charge is 0.356 e. The van der Waals surface area contributed by atoms with Crippen LogP contribution in [-0.2, 0) is 20.4 Å². The topological polar surface area (TPSA) is 26.3 Å². The fourth-order valence-corrected chi connectivity index (χ4v) is 1.14. The number of esters is 1. The van der Waals surface area contributed by atoms with E-state index >= 15 is 0 Å². The van der Waals surface area contributed by atoms with Crippen LogP contribution in [0.5, 0.6) is 0 Å². The molecule has 0 aliphatic carbocycles. The van der Waals surface area contributed by atoms with Crippen molar-refractivity contribution in [3.8, 4) is 0 Å². The Kier molecular flexibility index (Phi) is 7.23. The van der Waals surface area contributed by atoms with E-state index in [0.717, 1.165) is 0 Å². The molecule has 0 radical (unpaired) electrons. The summed E-state index contributed by atoms with van der Waals surface area (Å²) in [5, 5.41) is 0. The van der Waals surface area contributed by atoms with Crippen molar-refractivity contribution in [2.45, 2.75) is 26.4 Å². The van der Waals surface area contributed by atoms with E-state index < -0.39 is 0 Å². The molecule has 12 heavy (non-hydrogen) atoms. The molecule has 0 saturated heterocycles. The van der Waals surface area contributed by atoms with Crippen molar-refractivity contribution in [1.29, 1.82) is 0 Å². The first-order valence-corrected chi connectivity index (χ1v) is 5.78. The number of carbonyl (C=O) groups excluding carboxylic acids is 1. The third-order valence-corrected chi connectivity index (χ3v) is 1.64. The SMILES string of the molecule is C[S+](C)CC(=O)OC(C)(C)C.[Br-]. The van der Waals surface area contributed by atoms with E-state index in [9.17, 15) is 4.79 Å². The quantitative estimate of drug-likeness (QED) is 0.431. The van der Waals surface area contributed by atoms with Crippen LogP contribution < -0.4 is 17.0 Å². The monoisotopic (exact) mass is 256 g/mol. The molecule has 0 rings (SSSR count). The maximum Gasteiger partial charge on any atom is 0.356 e. The van der Waals surface area contributed by atoms with Gasteiger partial charge in [0.15, 0.2) is 0 Å². The standard InChI is InChI=1S/C8H17O2S.BrH/c1-8(2,3)10-7(9)6-11(4)5;/h6H2,1-5H3;1H/q+1;/p-1. The fraction of sp³-hybridized carbons (Fsp3) is 0.875. The first kappa shape index (κ1) is 14.8.